The first kappa shape index (κ1) is 14.3. The number of hydrogen-bond donors (Lipinski definition) is 1. The van der Waals surface area contributed by atoms with Gasteiger partial charge in [0, 0.05) is 29.9 Å². The molecule has 0 aromatic heterocycles. The quantitative estimate of drug-likeness (QED) is 0.676. The van der Waals surface area contributed by atoms with E-state index in [2.05, 4.69) is 4.90 Å². The highest BCUT2D eigenvalue weighted by atomic mass is 16.6. The molecule has 0 amide bonds. The van der Waals surface area contributed by atoms with Crippen molar-refractivity contribution in [3.8, 4) is 0 Å². The first-order chi connectivity index (χ1) is 9.49. The maximum absolute atomic E-state index is 10.9. The predicted octanol–water partition coefficient (Wildman–Crippen LogP) is 2.74. The van der Waals surface area contributed by atoms with Gasteiger partial charge in [0.05, 0.1) is 11.3 Å². The number of carbonyl (C=O) groups is 1. The van der Waals surface area contributed by atoms with E-state index in [1.807, 2.05) is 0 Å². The zero-order valence-corrected chi connectivity index (χ0v) is 11.4. The van der Waals surface area contributed by atoms with Crippen LogP contribution in [0.25, 0.3) is 0 Å². The number of piperidine rings is 1. The molecule has 1 N–H and O–H groups in total. The third-order valence-electron chi connectivity index (χ3n) is 3.75. The van der Waals surface area contributed by atoms with Crippen LogP contribution >= 0.6 is 0 Å². The van der Waals surface area contributed by atoms with Crippen LogP contribution in [-0.4, -0.2) is 28.6 Å². The van der Waals surface area contributed by atoms with Gasteiger partial charge in [0.1, 0.15) is 0 Å². The number of nitro groups is 1. The van der Waals surface area contributed by atoms with Crippen molar-refractivity contribution in [2.75, 3.05) is 11.4 Å². The number of aliphatic carboxylic acids is 1. The first-order valence-electron chi connectivity index (χ1n) is 6.72. The monoisotopic (exact) mass is 278 g/mol. The van der Waals surface area contributed by atoms with Gasteiger partial charge in [-0.15, -0.1) is 0 Å². The normalized spacial score (nSPS) is 18.9. The summed E-state index contributed by atoms with van der Waals surface area (Å²) in [5.74, 6) is -0.805. The summed E-state index contributed by atoms with van der Waals surface area (Å²) in [6.45, 7) is 2.51. The van der Waals surface area contributed by atoms with Crippen LogP contribution in [0.3, 0.4) is 0 Å². The maximum atomic E-state index is 10.9. The first-order valence-corrected chi connectivity index (χ1v) is 6.72. The van der Waals surface area contributed by atoms with E-state index in [9.17, 15) is 14.9 Å². The van der Waals surface area contributed by atoms with Crippen molar-refractivity contribution in [1.82, 2.24) is 0 Å². The van der Waals surface area contributed by atoms with Crippen LogP contribution in [-0.2, 0) is 4.79 Å². The molecule has 0 saturated carbocycles. The summed E-state index contributed by atoms with van der Waals surface area (Å²) < 4.78 is 0. The number of nitro benzene ring substituents is 1. The van der Waals surface area contributed by atoms with Gasteiger partial charge < -0.3 is 10.0 Å². The summed E-state index contributed by atoms with van der Waals surface area (Å²) >= 11 is 0. The zero-order valence-electron chi connectivity index (χ0n) is 11.4. The van der Waals surface area contributed by atoms with E-state index in [0.29, 0.717) is 5.56 Å². The topological polar surface area (TPSA) is 83.7 Å². The minimum absolute atomic E-state index is 0.0258. The Labute approximate surface area is 117 Å². The largest absolute Gasteiger partial charge is 0.481 e. The van der Waals surface area contributed by atoms with E-state index < -0.39 is 10.9 Å². The van der Waals surface area contributed by atoms with Crippen LogP contribution in [0, 0.1) is 17.0 Å². The maximum Gasteiger partial charge on any atom is 0.305 e. The number of carboxylic acids is 1. The van der Waals surface area contributed by atoms with E-state index in [4.69, 9.17) is 5.11 Å². The van der Waals surface area contributed by atoms with Crippen LogP contribution < -0.4 is 4.90 Å². The molecule has 1 saturated heterocycles. The molecular formula is C14H18N2O4. The molecule has 1 aliphatic heterocycles. The molecular weight excluding hydrogens is 260 g/mol. The molecule has 20 heavy (non-hydrogen) atoms. The Balaban J connectivity index is 2.26. The Morgan fingerprint density at radius 2 is 2.25 bits per heavy atom. The van der Waals surface area contributed by atoms with Crippen molar-refractivity contribution in [1.29, 1.82) is 0 Å². The Hall–Kier alpha value is -2.11. The number of anilines is 1. The standard InChI is InChI=1S/C14H18N2O4/c1-10-8-12(5-6-13(10)16(19)20)15-7-3-2-4-11(15)9-14(17)18/h5-6,8,11H,2-4,7,9H2,1H3,(H,17,18). The summed E-state index contributed by atoms with van der Waals surface area (Å²) in [5, 5.41) is 19.8. The summed E-state index contributed by atoms with van der Waals surface area (Å²) in [7, 11) is 0. The SMILES string of the molecule is Cc1cc(N2CCCCC2CC(=O)O)ccc1[N+](=O)[O-]. The summed E-state index contributed by atoms with van der Waals surface area (Å²) in [5.41, 5.74) is 1.58. The minimum atomic E-state index is -0.805. The second-order valence-corrected chi connectivity index (χ2v) is 5.17. The molecule has 2 rings (SSSR count). The van der Waals surface area contributed by atoms with Crippen molar-refractivity contribution in [2.24, 2.45) is 0 Å². The highest BCUT2D eigenvalue weighted by molar-refractivity contribution is 5.69. The number of carboxylic acid groups (broad SMARTS) is 1. The van der Waals surface area contributed by atoms with E-state index in [1.54, 1.807) is 19.1 Å². The van der Waals surface area contributed by atoms with Crippen molar-refractivity contribution < 1.29 is 14.8 Å². The van der Waals surface area contributed by atoms with Crippen molar-refractivity contribution in [2.45, 2.75) is 38.6 Å². The predicted molar refractivity (Wildman–Crippen MR) is 75.1 cm³/mol. The van der Waals surface area contributed by atoms with Crippen molar-refractivity contribution in [3.05, 3.63) is 33.9 Å². The number of rotatable bonds is 4. The molecule has 0 aliphatic carbocycles. The van der Waals surface area contributed by atoms with Crippen molar-refractivity contribution >= 4 is 17.3 Å². The fourth-order valence-corrected chi connectivity index (χ4v) is 2.78. The Morgan fingerprint density at radius 3 is 2.85 bits per heavy atom. The van der Waals surface area contributed by atoms with Gasteiger partial charge in [-0.25, -0.2) is 0 Å². The third-order valence-corrected chi connectivity index (χ3v) is 3.75. The second kappa shape index (κ2) is 5.90. The molecule has 1 heterocycles. The summed E-state index contributed by atoms with van der Waals surface area (Å²) in [4.78, 5) is 23.4. The van der Waals surface area contributed by atoms with Crippen LogP contribution in [0.1, 0.15) is 31.2 Å². The zero-order chi connectivity index (χ0) is 14.7. The molecule has 0 spiro atoms. The molecule has 0 bridgehead atoms. The lowest BCUT2D eigenvalue weighted by atomic mass is 9.98. The van der Waals surface area contributed by atoms with Gasteiger partial charge in [0.15, 0.2) is 0 Å². The molecule has 6 heteroatoms. The summed E-state index contributed by atoms with van der Waals surface area (Å²) in [6.07, 6.45) is 3.00. The van der Waals surface area contributed by atoms with Crippen molar-refractivity contribution in [3.63, 3.8) is 0 Å². The van der Waals surface area contributed by atoms with Gasteiger partial charge in [0.25, 0.3) is 5.69 Å². The molecule has 108 valence electrons. The average Bonchev–Trinajstić information content (AvgIpc) is 2.38. The lowest BCUT2D eigenvalue weighted by Crippen LogP contribution is -2.40. The lowest BCUT2D eigenvalue weighted by Gasteiger charge is -2.37. The highest BCUT2D eigenvalue weighted by Crippen LogP contribution is 2.30. The van der Waals surface area contributed by atoms with Gasteiger partial charge >= 0.3 is 5.97 Å². The molecule has 1 aromatic rings. The lowest BCUT2D eigenvalue weighted by molar-refractivity contribution is -0.385. The van der Waals surface area contributed by atoms with Crippen LogP contribution in [0.5, 0.6) is 0 Å². The fraction of sp³-hybridized carbons (Fsp3) is 0.500. The second-order valence-electron chi connectivity index (χ2n) is 5.17. The number of hydrogen-bond acceptors (Lipinski definition) is 4. The van der Waals surface area contributed by atoms with Crippen LogP contribution in [0.4, 0.5) is 11.4 Å². The Kier molecular flexibility index (Phi) is 4.22. The van der Waals surface area contributed by atoms with Gasteiger partial charge in [-0.3, -0.25) is 14.9 Å². The highest BCUT2D eigenvalue weighted by Gasteiger charge is 2.25. The van der Waals surface area contributed by atoms with E-state index in [-0.39, 0.29) is 18.2 Å². The Morgan fingerprint density at radius 1 is 1.50 bits per heavy atom. The fourth-order valence-electron chi connectivity index (χ4n) is 2.78. The van der Waals surface area contributed by atoms with E-state index >= 15 is 0 Å². The average molecular weight is 278 g/mol. The van der Waals surface area contributed by atoms with Gasteiger partial charge in [0.2, 0.25) is 0 Å². The van der Waals surface area contributed by atoms with Gasteiger partial charge in [-0.2, -0.15) is 0 Å². The number of nitrogens with zero attached hydrogens (tertiary/aromatic N) is 2. The molecule has 1 aromatic carbocycles. The van der Waals surface area contributed by atoms with E-state index in [0.717, 1.165) is 31.5 Å². The third kappa shape index (κ3) is 3.07. The van der Waals surface area contributed by atoms with Crippen LogP contribution in [0.2, 0.25) is 0 Å². The number of aryl methyl sites for hydroxylation is 1. The van der Waals surface area contributed by atoms with Gasteiger partial charge in [-0.1, -0.05) is 0 Å². The number of benzene rings is 1. The molecule has 1 aliphatic rings. The Bertz CT molecular complexity index is 530. The van der Waals surface area contributed by atoms with Crippen LogP contribution in [0.15, 0.2) is 18.2 Å². The minimum Gasteiger partial charge on any atom is -0.481 e. The smallest absolute Gasteiger partial charge is 0.305 e. The molecule has 1 fully saturated rings. The molecule has 6 nitrogen and oxygen atoms in total. The van der Waals surface area contributed by atoms with E-state index in [1.165, 1.54) is 6.07 Å². The van der Waals surface area contributed by atoms with Gasteiger partial charge in [-0.05, 0) is 38.3 Å². The molecule has 1 atom stereocenters. The molecule has 0 radical (unpaired) electrons. The molecule has 1 unspecified atom stereocenters. The summed E-state index contributed by atoms with van der Waals surface area (Å²) in [6, 6.07) is 4.96.